The summed E-state index contributed by atoms with van der Waals surface area (Å²) in [4.78, 5) is 0. The summed E-state index contributed by atoms with van der Waals surface area (Å²) in [5.74, 6) is 0.853. The minimum atomic E-state index is 0.801. The summed E-state index contributed by atoms with van der Waals surface area (Å²) >= 11 is 6.60. The number of aromatic nitrogens is 2. The van der Waals surface area contributed by atoms with E-state index in [1.165, 1.54) is 0 Å². The van der Waals surface area contributed by atoms with E-state index < -0.39 is 0 Å². The fourth-order valence-electron chi connectivity index (χ4n) is 1.14. The van der Waals surface area contributed by atoms with Crippen molar-refractivity contribution in [3.8, 4) is 0 Å². The third-order valence-corrected chi connectivity index (χ3v) is 4.27. The smallest absolute Gasteiger partial charge is 0.210 e. The third kappa shape index (κ3) is 3.83. The van der Waals surface area contributed by atoms with Gasteiger partial charge in [-0.05, 0) is 18.2 Å². The van der Waals surface area contributed by atoms with Crippen LogP contribution < -0.4 is 5.32 Å². The summed E-state index contributed by atoms with van der Waals surface area (Å²) in [6.45, 7) is 3.67. The molecule has 88 valence electrons. The zero-order valence-corrected chi connectivity index (χ0v) is 12.1. The fourth-order valence-corrected chi connectivity index (χ4v) is 3.07. The summed E-state index contributed by atoms with van der Waals surface area (Å²) in [6, 6.07) is 7.94. The van der Waals surface area contributed by atoms with E-state index in [9.17, 15) is 0 Å². The lowest BCUT2D eigenvalue weighted by Crippen LogP contribution is -1.88. The van der Waals surface area contributed by atoms with Gasteiger partial charge in [-0.15, -0.1) is 16.8 Å². The summed E-state index contributed by atoms with van der Waals surface area (Å²) in [5.41, 5.74) is 0.996. The van der Waals surface area contributed by atoms with Gasteiger partial charge >= 0.3 is 0 Å². The Hall–Kier alpha value is -0.850. The largest absolute Gasteiger partial charge is 0.330 e. The van der Waals surface area contributed by atoms with Gasteiger partial charge in [-0.25, -0.2) is 0 Å². The van der Waals surface area contributed by atoms with Crippen LogP contribution in [0.4, 0.5) is 10.8 Å². The molecule has 3 nitrogen and oxygen atoms in total. The molecule has 17 heavy (non-hydrogen) atoms. The van der Waals surface area contributed by atoms with Crippen molar-refractivity contribution in [3.05, 3.63) is 41.4 Å². The Morgan fingerprint density at radius 2 is 2.35 bits per heavy atom. The molecule has 0 saturated carbocycles. The Kier molecular flexibility index (Phi) is 4.58. The van der Waals surface area contributed by atoms with Gasteiger partial charge in [-0.1, -0.05) is 51.2 Å². The predicted octanol–water partition coefficient (Wildman–Crippen LogP) is 4.32. The first-order chi connectivity index (χ1) is 8.28. The number of rotatable bonds is 5. The maximum absolute atomic E-state index is 4.08. The number of thioether (sulfide) groups is 1. The lowest BCUT2D eigenvalue weighted by molar-refractivity contribution is 1.01. The van der Waals surface area contributed by atoms with Crippen molar-refractivity contribution in [1.29, 1.82) is 0 Å². The van der Waals surface area contributed by atoms with Crippen LogP contribution >= 0.6 is 39.0 Å². The van der Waals surface area contributed by atoms with Crippen LogP contribution in [0.1, 0.15) is 0 Å². The molecule has 0 amide bonds. The second-order valence-corrected chi connectivity index (χ2v) is 6.27. The Morgan fingerprint density at radius 1 is 1.47 bits per heavy atom. The zero-order chi connectivity index (χ0) is 12.1. The first kappa shape index (κ1) is 12.6. The van der Waals surface area contributed by atoms with Crippen molar-refractivity contribution in [2.75, 3.05) is 11.1 Å². The van der Waals surface area contributed by atoms with E-state index in [0.717, 1.165) is 25.4 Å². The Balaban J connectivity index is 2.03. The Morgan fingerprint density at radius 3 is 3.12 bits per heavy atom. The van der Waals surface area contributed by atoms with Gasteiger partial charge in [0.05, 0.1) is 0 Å². The molecule has 1 heterocycles. The first-order valence-electron chi connectivity index (χ1n) is 4.88. The van der Waals surface area contributed by atoms with Gasteiger partial charge < -0.3 is 5.32 Å². The van der Waals surface area contributed by atoms with Crippen LogP contribution in [0.25, 0.3) is 0 Å². The van der Waals surface area contributed by atoms with Crippen molar-refractivity contribution in [2.24, 2.45) is 0 Å². The number of hydrogen-bond acceptors (Lipinski definition) is 5. The molecule has 2 rings (SSSR count). The molecule has 0 saturated heterocycles. The van der Waals surface area contributed by atoms with E-state index in [1.807, 2.05) is 30.3 Å². The highest BCUT2D eigenvalue weighted by atomic mass is 79.9. The molecule has 1 aromatic carbocycles. The van der Waals surface area contributed by atoms with E-state index in [0.29, 0.717) is 0 Å². The van der Waals surface area contributed by atoms with Crippen LogP contribution in [0, 0.1) is 0 Å². The number of nitrogens with zero attached hydrogens (tertiary/aromatic N) is 2. The number of halogens is 1. The second-order valence-electron chi connectivity index (χ2n) is 3.11. The summed E-state index contributed by atoms with van der Waals surface area (Å²) in [5, 5.41) is 12.2. The molecule has 1 aromatic heterocycles. The van der Waals surface area contributed by atoms with Crippen LogP contribution in [0.3, 0.4) is 0 Å². The van der Waals surface area contributed by atoms with Gasteiger partial charge in [-0.2, -0.15) is 0 Å². The summed E-state index contributed by atoms with van der Waals surface area (Å²) in [6.07, 6.45) is 1.85. The molecule has 0 radical (unpaired) electrons. The molecule has 0 bridgehead atoms. The molecule has 0 spiro atoms. The Bertz CT molecular complexity index is 513. The quantitative estimate of drug-likeness (QED) is 0.655. The molecule has 0 aliphatic carbocycles. The maximum atomic E-state index is 4.08. The van der Waals surface area contributed by atoms with Gasteiger partial charge in [0.1, 0.15) is 0 Å². The van der Waals surface area contributed by atoms with Gasteiger partial charge in [0.25, 0.3) is 0 Å². The van der Waals surface area contributed by atoms with E-state index in [2.05, 4.69) is 38.0 Å². The molecule has 0 atom stereocenters. The van der Waals surface area contributed by atoms with Crippen LogP contribution in [0.15, 0.2) is 45.7 Å². The molecular weight excluding hydrogens is 318 g/mol. The highest BCUT2D eigenvalue weighted by Crippen LogP contribution is 2.28. The van der Waals surface area contributed by atoms with Crippen molar-refractivity contribution < 1.29 is 0 Å². The van der Waals surface area contributed by atoms with Crippen LogP contribution in [0.2, 0.25) is 0 Å². The normalized spacial score (nSPS) is 10.2. The molecule has 2 aromatic rings. The summed E-state index contributed by atoms with van der Waals surface area (Å²) in [7, 11) is 0. The number of anilines is 2. The monoisotopic (exact) mass is 327 g/mol. The van der Waals surface area contributed by atoms with Gasteiger partial charge in [-0.3, -0.25) is 0 Å². The molecular formula is C11H10BrN3S2. The van der Waals surface area contributed by atoms with E-state index in [4.69, 9.17) is 0 Å². The molecule has 1 N–H and O–H groups in total. The van der Waals surface area contributed by atoms with Gasteiger partial charge in [0, 0.05) is 15.9 Å². The number of nitrogens with one attached hydrogen (secondary N) is 1. The lowest BCUT2D eigenvalue weighted by atomic mass is 10.3. The minimum absolute atomic E-state index is 0.801. The first-order valence-corrected chi connectivity index (χ1v) is 7.47. The average molecular weight is 328 g/mol. The van der Waals surface area contributed by atoms with E-state index in [1.54, 1.807) is 23.1 Å². The van der Waals surface area contributed by atoms with Crippen LogP contribution in [0.5, 0.6) is 0 Å². The minimum Gasteiger partial charge on any atom is -0.330 e. The predicted molar refractivity (Wildman–Crippen MR) is 78.3 cm³/mol. The summed E-state index contributed by atoms with van der Waals surface area (Å²) < 4.78 is 1.98. The van der Waals surface area contributed by atoms with Crippen molar-refractivity contribution >= 4 is 49.8 Å². The van der Waals surface area contributed by atoms with E-state index in [-0.39, 0.29) is 0 Å². The van der Waals surface area contributed by atoms with Crippen molar-refractivity contribution in [1.82, 2.24) is 10.2 Å². The van der Waals surface area contributed by atoms with Crippen molar-refractivity contribution in [3.63, 3.8) is 0 Å². The number of hydrogen-bond donors (Lipinski definition) is 1. The maximum Gasteiger partial charge on any atom is 0.210 e. The van der Waals surface area contributed by atoms with E-state index >= 15 is 0 Å². The number of benzene rings is 1. The zero-order valence-electron chi connectivity index (χ0n) is 8.89. The van der Waals surface area contributed by atoms with Gasteiger partial charge in [0.15, 0.2) is 4.34 Å². The fraction of sp³-hybridized carbons (Fsp3) is 0.0909. The SMILES string of the molecule is C=CCSc1nnc(Nc2cccc(Br)c2)s1. The highest BCUT2D eigenvalue weighted by Gasteiger charge is 2.04. The topological polar surface area (TPSA) is 37.8 Å². The highest BCUT2D eigenvalue weighted by molar-refractivity contribution is 9.10. The van der Waals surface area contributed by atoms with Crippen LogP contribution in [-0.2, 0) is 0 Å². The molecule has 6 heteroatoms. The lowest BCUT2D eigenvalue weighted by Gasteiger charge is -2.01. The Labute approximate surface area is 116 Å². The van der Waals surface area contributed by atoms with Gasteiger partial charge in [0.2, 0.25) is 5.13 Å². The molecule has 0 aliphatic rings. The van der Waals surface area contributed by atoms with Crippen molar-refractivity contribution in [2.45, 2.75) is 4.34 Å². The average Bonchev–Trinajstić information content (AvgIpc) is 2.74. The third-order valence-electron chi connectivity index (χ3n) is 1.81. The van der Waals surface area contributed by atoms with Crippen LogP contribution in [-0.4, -0.2) is 16.0 Å². The molecule has 0 fully saturated rings. The second kappa shape index (κ2) is 6.18. The molecule has 0 unspecified atom stereocenters. The standard InChI is InChI=1S/C11H10BrN3S2/c1-2-6-16-11-15-14-10(17-11)13-9-5-3-4-8(12)7-9/h2-5,7H,1,6H2,(H,13,14). The molecule has 0 aliphatic heterocycles.